The highest BCUT2D eigenvalue weighted by molar-refractivity contribution is 7.92. The molecule has 0 aliphatic carbocycles. The van der Waals surface area contributed by atoms with E-state index < -0.39 is 25.5 Å². The van der Waals surface area contributed by atoms with E-state index in [2.05, 4.69) is 9.82 Å². The number of benzene rings is 1. The number of para-hydroxylation sites is 1. The lowest BCUT2D eigenvalue weighted by Crippen LogP contribution is -2.15. The summed E-state index contributed by atoms with van der Waals surface area (Å²) >= 11 is 0. The summed E-state index contributed by atoms with van der Waals surface area (Å²) in [7, 11) is -2.71. The molecule has 0 radical (unpaired) electrons. The van der Waals surface area contributed by atoms with Crippen molar-refractivity contribution in [3.8, 4) is 6.07 Å². The van der Waals surface area contributed by atoms with Crippen LogP contribution < -0.4 is 4.72 Å². The summed E-state index contributed by atoms with van der Waals surface area (Å²) in [5.41, 5.74) is -0.543. The van der Waals surface area contributed by atoms with Gasteiger partial charge in [0.25, 0.3) is 15.7 Å². The summed E-state index contributed by atoms with van der Waals surface area (Å²) in [4.78, 5) is 9.60. The Balaban J connectivity index is 2.49. The van der Waals surface area contributed by atoms with Gasteiger partial charge < -0.3 is 0 Å². The molecule has 0 amide bonds. The summed E-state index contributed by atoms with van der Waals surface area (Å²) in [5, 5.41) is 23.6. The zero-order chi connectivity index (χ0) is 15.6. The first kappa shape index (κ1) is 14.5. The van der Waals surface area contributed by atoms with E-state index in [4.69, 9.17) is 5.26 Å². The third-order valence-corrected chi connectivity index (χ3v) is 3.92. The fourth-order valence-corrected chi connectivity index (χ4v) is 2.85. The molecular weight excluding hydrogens is 298 g/mol. The van der Waals surface area contributed by atoms with Gasteiger partial charge >= 0.3 is 0 Å². The van der Waals surface area contributed by atoms with Crippen LogP contribution in [0.2, 0.25) is 0 Å². The van der Waals surface area contributed by atoms with Gasteiger partial charge in [0.1, 0.15) is 11.6 Å². The molecule has 1 N–H and O–H groups in total. The Kier molecular flexibility index (Phi) is 3.60. The van der Waals surface area contributed by atoms with Gasteiger partial charge in [-0.1, -0.05) is 12.1 Å². The van der Waals surface area contributed by atoms with Crippen molar-refractivity contribution in [1.29, 1.82) is 5.26 Å². The second-order valence-electron chi connectivity index (χ2n) is 4.01. The van der Waals surface area contributed by atoms with Crippen molar-refractivity contribution in [2.24, 2.45) is 7.05 Å². The Morgan fingerprint density at radius 3 is 2.71 bits per heavy atom. The average molecular weight is 307 g/mol. The number of anilines is 1. The lowest BCUT2D eigenvalue weighted by atomic mass is 10.3. The Labute approximate surface area is 119 Å². The van der Waals surface area contributed by atoms with Crippen molar-refractivity contribution >= 4 is 21.5 Å². The SMILES string of the molecule is Cn1cc(C#N)c(NS(=O)(=O)c2ccccc2[N+](=O)[O-])n1. The van der Waals surface area contributed by atoms with Gasteiger partial charge in [-0.05, 0) is 6.07 Å². The average Bonchev–Trinajstić information content (AvgIpc) is 2.78. The molecule has 0 unspecified atom stereocenters. The molecule has 0 saturated carbocycles. The third-order valence-electron chi connectivity index (χ3n) is 2.53. The van der Waals surface area contributed by atoms with E-state index in [-0.39, 0.29) is 11.4 Å². The Hall–Kier alpha value is -2.93. The maximum Gasteiger partial charge on any atom is 0.289 e. The fraction of sp³-hybridized carbons (Fsp3) is 0.0909. The Bertz CT molecular complexity index is 850. The minimum absolute atomic E-state index is 0.0136. The van der Waals surface area contributed by atoms with Crippen LogP contribution in [0.25, 0.3) is 0 Å². The monoisotopic (exact) mass is 307 g/mol. The number of hydrogen-bond donors (Lipinski definition) is 1. The van der Waals surface area contributed by atoms with Gasteiger partial charge in [0, 0.05) is 19.3 Å². The van der Waals surface area contributed by atoms with Crippen molar-refractivity contribution in [1.82, 2.24) is 9.78 Å². The molecule has 9 nitrogen and oxygen atoms in total. The predicted molar refractivity (Wildman–Crippen MR) is 71.8 cm³/mol. The first-order chi connectivity index (χ1) is 9.85. The molecule has 2 aromatic rings. The van der Waals surface area contributed by atoms with Crippen LogP contribution in [0.3, 0.4) is 0 Å². The zero-order valence-electron chi connectivity index (χ0n) is 10.7. The first-order valence-corrected chi connectivity index (χ1v) is 7.03. The van der Waals surface area contributed by atoms with Crippen LogP contribution in [-0.2, 0) is 17.1 Å². The van der Waals surface area contributed by atoms with Crippen LogP contribution in [0.5, 0.6) is 0 Å². The molecule has 21 heavy (non-hydrogen) atoms. The van der Waals surface area contributed by atoms with Crippen molar-refractivity contribution in [3.63, 3.8) is 0 Å². The molecule has 1 aromatic heterocycles. The van der Waals surface area contributed by atoms with E-state index in [0.29, 0.717) is 0 Å². The number of nitro benzene ring substituents is 1. The molecule has 10 heteroatoms. The number of nitriles is 1. The number of sulfonamides is 1. The van der Waals surface area contributed by atoms with Crippen molar-refractivity contribution in [2.45, 2.75) is 4.90 Å². The number of hydrogen-bond acceptors (Lipinski definition) is 6. The van der Waals surface area contributed by atoms with Gasteiger partial charge in [0.15, 0.2) is 10.7 Å². The number of nitrogens with one attached hydrogen (secondary N) is 1. The van der Waals surface area contributed by atoms with Gasteiger partial charge in [-0.15, -0.1) is 0 Å². The van der Waals surface area contributed by atoms with Crippen LogP contribution in [0.1, 0.15) is 5.56 Å². The molecular formula is C11H9N5O4S. The van der Waals surface area contributed by atoms with Crippen LogP contribution >= 0.6 is 0 Å². The highest BCUT2D eigenvalue weighted by atomic mass is 32.2. The molecule has 0 bridgehead atoms. The summed E-state index contributed by atoms with van der Waals surface area (Å²) in [6, 6.07) is 6.70. The van der Waals surface area contributed by atoms with E-state index in [1.807, 2.05) is 0 Å². The van der Waals surface area contributed by atoms with Gasteiger partial charge in [0.2, 0.25) is 0 Å². The molecule has 0 atom stereocenters. The second-order valence-corrected chi connectivity index (χ2v) is 5.66. The molecule has 0 aliphatic heterocycles. The van der Waals surface area contributed by atoms with Crippen LogP contribution in [-0.4, -0.2) is 23.1 Å². The minimum atomic E-state index is -4.23. The lowest BCUT2D eigenvalue weighted by molar-refractivity contribution is -0.387. The number of nitrogens with zero attached hydrogens (tertiary/aromatic N) is 4. The maximum absolute atomic E-state index is 12.2. The normalized spacial score (nSPS) is 10.9. The second kappa shape index (κ2) is 5.22. The number of aryl methyl sites for hydroxylation is 1. The largest absolute Gasteiger partial charge is 0.289 e. The third kappa shape index (κ3) is 2.82. The lowest BCUT2D eigenvalue weighted by Gasteiger charge is -2.06. The Morgan fingerprint density at radius 2 is 2.10 bits per heavy atom. The van der Waals surface area contributed by atoms with Crippen molar-refractivity contribution in [2.75, 3.05) is 4.72 Å². The topological polar surface area (TPSA) is 131 Å². The van der Waals surface area contributed by atoms with Crippen LogP contribution in [0.15, 0.2) is 35.4 Å². The van der Waals surface area contributed by atoms with E-state index in [0.717, 1.165) is 12.1 Å². The molecule has 1 aromatic carbocycles. The Morgan fingerprint density at radius 1 is 1.43 bits per heavy atom. The van der Waals surface area contributed by atoms with E-state index in [1.165, 1.54) is 30.1 Å². The van der Waals surface area contributed by atoms with Gasteiger partial charge in [-0.3, -0.25) is 19.5 Å². The fourth-order valence-electron chi connectivity index (χ4n) is 1.66. The van der Waals surface area contributed by atoms with E-state index in [1.54, 1.807) is 6.07 Å². The molecule has 0 saturated heterocycles. The smallest absolute Gasteiger partial charge is 0.272 e. The summed E-state index contributed by atoms with van der Waals surface area (Å²) in [5.74, 6) is -0.182. The summed E-state index contributed by atoms with van der Waals surface area (Å²) < 4.78 is 27.8. The van der Waals surface area contributed by atoms with Gasteiger partial charge in [-0.25, -0.2) is 8.42 Å². The highest BCUT2D eigenvalue weighted by Gasteiger charge is 2.26. The van der Waals surface area contributed by atoms with Gasteiger partial charge in [0.05, 0.1) is 4.92 Å². The maximum atomic E-state index is 12.2. The number of nitro groups is 1. The van der Waals surface area contributed by atoms with Crippen molar-refractivity contribution < 1.29 is 13.3 Å². The molecule has 2 rings (SSSR count). The van der Waals surface area contributed by atoms with Crippen LogP contribution in [0, 0.1) is 21.4 Å². The molecule has 0 fully saturated rings. The quantitative estimate of drug-likeness (QED) is 0.662. The molecule has 1 heterocycles. The zero-order valence-corrected chi connectivity index (χ0v) is 11.5. The van der Waals surface area contributed by atoms with E-state index >= 15 is 0 Å². The predicted octanol–water partition coefficient (Wildman–Crippen LogP) is 1.00. The molecule has 0 aliphatic rings. The summed E-state index contributed by atoms with van der Waals surface area (Å²) in [6.45, 7) is 0. The standard InChI is InChI=1S/C11H9N5O4S/c1-15-7-8(6-12)11(13-15)14-21(19,20)10-5-3-2-4-9(10)16(17)18/h2-5,7H,1H3,(H,13,14). The van der Waals surface area contributed by atoms with Gasteiger partial charge in [-0.2, -0.15) is 10.4 Å². The van der Waals surface area contributed by atoms with Crippen LogP contribution in [0.4, 0.5) is 11.5 Å². The molecule has 108 valence electrons. The summed E-state index contributed by atoms with van der Waals surface area (Å²) in [6.07, 6.45) is 1.33. The first-order valence-electron chi connectivity index (χ1n) is 5.55. The van der Waals surface area contributed by atoms with E-state index in [9.17, 15) is 18.5 Å². The number of aromatic nitrogens is 2. The van der Waals surface area contributed by atoms with Crippen molar-refractivity contribution in [3.05, 3.63) is 46.1 Å². The number of rotatable bonds is 4. The highest BCUT2D eigenvalue weighted by Crippen LogP contribution is 2.25. The minimum Gasteiger partial charge on any atom is -0.272 e. The molecule has 0 spiro atoms.